The maximum absolute atomic E-state index is 10.1. The summed E-state index contributed by atoms with van der Waals surface area (Å²) in [5, 5.41) is 18.9. The fourth-order valence-electron chi connectivity index (χ4n) is 0.921. The molecule has 0 aliphatic heterocycles. The van der Waals surface area contributed by atoms with Crippen LogP contribution in [0.15, 0.2) is 0 Å². The second kappa shape index (κ2) is 5.21. The van der Waals surface area contributed by atoms with Gasteiger partial charge in [-0.05, 0) is 53.3 Å². The molecule has 0 aromatic carbocycles. The molecule has 86 valence electrons. The van der Waals surface area contributed by atoms with E-state index in [9.17, 15) is 10.2 Å². The molecule has 0 aromatic rings. The zero-order valence-electron chi connectivity index (χ0n) is 10.2. The number of aliphatic hydroxyl groups is 2. The first-order valence-electron chi connectivity index (χ1n) is 4.89. The summed E-state index contributed by atoms with van der Waals surface area (Å²) in [7, 11) is -0.729. The van der Waals surface area contributed by atoms with Crippen molar-refractivity contribution in [3.63, 3.8) is 0 Å². The summed E-state index contributed by atoms with van der Waals surface area (Å²) >= 11 is 0. The Morgan fingerprint density at radius 2 is 1.00 bits per heavy atom. The molecule has 2 unspecified atom stereocenters. The second-order valence-corrected chi connectivity index (χ2v) is 10.2. The molecule has 14 heavy (non-hydrogen) atoms. The van der Waals surface area contributed by atoms with Crippen LogP contribution in [0.2, 0.25) is 0 Å². The molecule has 0 amide bonds. The highest BCUT2D eigenvalue weighted by Crippen LogP contribution is 2.49. The molecule has 2 nitrogen and oxygen atoms in total. The molecular formula is C10H24O2P2. The van der Waals surface area contributed by atoms with E-state index in [1.165, 1.54) is 0 Å². The third kappa shape index (κ3) is 4.53. The fraction of sp³-hybridized carbons (Fsp3) is 1.00. The molecule has 2 N–H and O–H groups in total. The van der Waals surface area contributed by atoms with Crippen LogP contribution >= 0.6 is 15.8 Å². The molecule has 0 radical (unpaired) electrons. The van der Waals surface area contributed by atoms with E-state index in [1.807, 2.05) is 13.8 Å². The van der Waals surface area contributed by atoms with Crippen LogP contribution in [0, 0.1) is 0 Å². The van der Waals surface area contributed by atoms with E-state index < -0.39 is 10.7 Å². The smallest absolute Gasteiger partial charge is 0.0803 e. The van der Waals surface area contributed by atoms with Gasteiger partial charge in [0.2, 0.25) is 0 Å². The molecule has 4 heteroatoms. The first-order chi connectivity index (χ1) is 6.09. The van der Waals surface area contributed by atoms with Crippen LogP contribution in [0.4, 0.5) is 0 Å². The maximum Gasteiger partial charge on any atom is 0.0803 e. The number of hydrogen-bond donors (Lipinski definition) is 2. The van der Waals surface area contributed by atoms with Gasteiger partial charge in [-0.3, -0.25) is 0 Å². The lowest BCUT2D eigenvalue weighted by Gasteiger charge is -2.34. The molecule has 0 aliphatic carbocycles. The minimum absolute atomic E-state index is 0.364. The van der Waals surface area contributed by atoms with Gasteiger partial charge in [0.05, 0.1) is 10.7 Å². The van der Waals surface area contributed by atoms with Crippen molar-refractivity contribution in [2.45, 2.75) is 37.4 Å². The van der Waals surface area contributed by atoms with Crippen molar-refractivity contribution in [1.82, 2.24) is 0 Å². The first-order valence-corrected chi connectivity index (χ1v) is 9.36. The normalized spacial score (nSPS) is 21.0. The standard InChI is InChI=1S/C10H24O2P2/c1-9(11,13(3)4)7-8-10(2,12)14(5)6/h11-12H,7-8H2,1-6H3. The Kier molecular flexibility index (Phi) is 5.50. The highest BCUT2D eigenvalue weighted by molar-refractivity contribution is 7.57. The fourth-order valence-corrected chi connectivity index (χ4v) is 2.04. The minimum Gasteiger partial charge on any atom is -0.386 e. The zero-order valence-corrected chi connectivity index (χ0v) is 12.0. The van der Waals surface area contributed by atoms with Gasteiger partial charge in [0, 0.05) is 0 Å². The van der Waals surface area contributed by atoms with Gasteiger partial charge in [0.25, 0.3) is 0 Å². The summed E-state index contributed by atoms with van der Waals surface area (Å²) in [5.41, 5.74) is 0. The molecule has 0 bridgehead atoms. The molecule has 0 aromatic heterocycles. The Bertz CT molecular complexity index is 157. The van der Waals surface area contributed by atoms with Crippen molar-refractivity contribution in [3.8, 4) is 0 Å². The van der Waals surface area contributed by atoms with Crippen LogP contribution in [0.5, 0.6) is 0 Å². The van der Waals surface area contributed by atoms with Crippen LogP contribution in [-0.2, 0) is 0 Å². The molecule has 0 rings (SSSR count). The number of rotatable bonds is 5. The van der Waals surface area contributed by atoms with Gasteiger partial charge in [-0.15, -0.1) is 0 Å². The van der Waals surface area contributed by atoms with Crippen molar-refractivity contribution < 1.29 is 10.2 Å². The summed E-state index contributed by atoms with van der Waals surface area (Å²) < 4.78 is 0. The summed E-state index contributed by atoms with van der Waals surface area (Å²) in [6.07, 6.45) is 1.39. The summed E-state index contributed by atoms with van der Waals surface area (Å²) in [6, 6.07) is 0. The summed E-state index contributed by atoms with van der Waals surface area (Å²) in [4.78, 5) is 0. The molecular weight excluding hydrogens is 214 g/mol. The molecule has 0 saturated carbocycles. The molecule has 0 spiro atoms. The van der Waals surface area contributed by atoms with Gasteiger partial charge in [-0.25, -0.2) is 0 Å². The van der Waals surface area contributed by atoms with Crippen molar-refractivity contribution in [3.05, 3.63) is 0 Å². The molecule has 0 saturated heterocycles. The second-order valence-electron chi connectivity index (χ2n) is 4.72. The lowest BCUT2D eigenvalue weighted by atomic mass is 10.1. The van der Waals surface area contributed by atoms with Crippen LogP contribution < -0.4 is 0 Å². The lowest BCUT2D eigenvalue weighted by molar-refractivity contribution is 0.0883. The van der Waals surface area contributed by atoms with Gasteiger partial charge < -0.3 is 10.2 Å². The minimum atomic E-state index is -0.593. The van der Waals surface area contributed by atoms with Crippen LogP contribution in [-0.4, -0.2) is 47.6 Å². The third-order valence-corrected chi connectivity index (χ3v) is 7.30. The average Bonchev–Trinajstić information content (AvgIpc) is 2.01. The molecule has 2 atom stereocenters. The van der Waals surface area contributed by atoms with Gasteiger partial charge in [-0.1, -0.05) is 15.8 Å². The van der Waals surface area contributed by atoms with Crippen molar-refractivity contribution in [2.24, 2.45) is 0 Å². The maximum atomic E-state index is 10.1. The van der Waals surface area contributed by atoms with Crippen molar-refractivity contribution in [2.75, 3.05) is 26.7 Å². The van der Waals surface area contributed by atoms with Gasteiger partial charge in [0.1, 0.15) is 0 Å². The largest absolute Gasteiger partial charge is 0.386 e. The SMILES string of the molecule is CP(C)C(C)(O)CCC(C)(O)P(C)C. The monoisotopic (exact) mass is 238 g/mol. The Morgan fingerprint density at radius 1 is 0.786 bits per heavy atom. The van der Waals surface area contributed by atoms with E-state index in [0.29, 0.717) is 12.8 Å². The molecule has 0 fully saturated rings. The van der Waals surface area contributed by atoms with E-state index in [2.05, 4.69) is 26.7 Å². The summed E-state index contributed by atoms with van der Waals surface area (Å²) in [5.74, 6) is 0. The van der Waals surface area contributed by atoms with E-state index in [0.717, 1.165) is 0 Å². The Hall–Kier alpha value is 0.780. The van der Waals surface area contributed by atoms with Gasteiger partial charge >= 0.3 is 0 Å². The van der Waals surface area contributed by atoms with E-state index in [-0.39, 0.29) is 15.8 Å². The van der Waals surface area contributed by atoms with Crippen molar-refractivity contribution in [1.29, 1.82) is 0 Å². The zero-order chi connectivity index (χ0) is 11.6. The van der Waals surface area contributed by atoms with Crippen LogP contribution in [0.3, 0.4) is 0 Å². The summed E-state index contributed by atoms with van der Waals surface area (Å²) in [6.45, 7) is 12.1. The molecule has 0 aliphatic rings. The predicted molar refractivity (Wildman–Crippen MR) is 68.0 cm³/mol. The number of hydrogen-bond acceptors (Lipinski definition) is 2. The predicted octanol–water partition coefficient (Wildman–Crippen LogP) is 2.67. The van der Waals surface area contributed by atoms with Crippen LogP contribution in [0.25, 0.3) is 0 Å². The highest BCUT2D eigenvalue weighted by atomic mass is 31.1. The highest BCUT2D eigenvalue weighted by Gasteiger charge is 2.31. The quantitative estimate of drug-likeness (QED) is 0.723. The van der Waals surface area contributed by atoms with E-state index >= 15 is 0 Å². The third-order valence-electron chi connectivity index (χ3n) is 3.00. The average molecular weight is 238 g/mol. The van der Waals surface area contributed by atoms with Gasteiger partial charge in [-0.2, -0.15) is 0 Å². The topological polar surface area (TPSA) is 40.5 Å². The van der Waals surface area contributed by atoms with Crippen molar-refractivity contribution >= 4 is 15.8 Å². The molecule has 0 heterocycles. The van der Waals surface area contributed by atoms with Gasteiger partial charge in [0.15, 0.2) is 0 Å². The Labute approximate surface area is 90.6 Å². The Morgan fingerprint density at radius 3 is 1.14 bits per heavy atom. The van der Waals surface area contributed by atoms with Crippen LogP contribution in [0.1, 0.15) is 26.7 Å². The lowest BCUT2D eigenvalue weighted by Crippen LogP contribution is -2.28. The van der Waals surface area contributed by atoms with E-state index in [1.54, 1.807) is 0 Å². The Balaban J connectivity index is 4.18. The van der Waals surface area contributed by atoms with E-state index in [4.69, 9.17) is 0 Å². The first kappa shape index (κ1) is 14.8.